The first kappa shape index (κ1) is 15.8. The van der Waals surface area contributed by atoms with Gasteiger partial charge < -0.3 is 19.7 Å². The minimum Gasteiger partial charge on any atom is -0.393 e. The second kappa shape index (κ2) is 5.06. The number of hydrogen-bond donors (Lipinski definition) is 2. The standard InChI is InChI=1S/C20H30O4/c1-18-7-4-14-13(15(18)2-3-17(18)21)5-8-19(22)12-20(9-6-16(14)19)23-10-11-24-20/h4,13,15-17,21-22H,2-3,5-12H2,1H3/t13-,15+,16?,17+,18+,19-/m1/s1. The summed E-state index contributed by atoms with van der Waals surface area (Å²) in [5, 5.41) is 21.9. The summed E-state index contributed by atoms with van der Waals surface area (Å²) in [5.74, 6) is 0.889. The van der Waals surface area contributed by atoms with Gasteiger partial charge in [-0.15, -0.1) is 0 Å². The lowest BCUT2D eigenvalue weighted by Gasteiger charge is -2.56. The maximum Gasteiger partial charge on any atom is 0.171 e. The monoisotopic (exact) mass is 334 g/mol. The molecule has 0 aromatic carbocycles. The molecule has 1 aliphatic heterocycles. The van der Waals surface area contributed by atoms with Crippen molar-refractivity contribution in [2.75, 3.05) is 13.2 Å². The minimum atomic E-state index is -0.671. The van der Waals surface area contributed by atoms with Crippen LogP contribution in [0.4, 0.5) is 0 Å². The van der Waals surface area contributed by atoms with Crippen LogP contribution in [-0.4, -0.2) is 40.9 Å². The Bertz CT molecular complexity index is 566. The van der Waals surface area contributed by atoms with Gasteiger partial charge in [0.1, 0.15) is 0 Å². The van der Waals surface area contributed by atoms with Crippen molar-refractivity contribution >= 4 is 0 Å². The summed E-state index contributed by atoms with van der Waals surface area (Å²) in [6.45, 7) is 3.59. The van der Waals surface area contributed by atoms with Crippen LogP contribution in [0.25, 0.3) is 0 Å². The van der Waals surface area contributed by atoms with Crippen LogP contribution in [0.2, 0.25) is 0 Å². The largest absolute Gasteiger partial charge is 0.393 e. The summed E-state index contributed by atoms with van der Waals surface area (Å²) in [6, 6.07) is 0. The lowest BCUT2D eigenvalue weighted by atomic mass is 9.53. The Balaban J connectivity index is 1.45. The molecule has 0 aromatic heterocycles. The van der Waals surface area contributed by atoms with Crippen LogP contribution in [0, 0.1) is 23.2 Å². The second-order valence-corrected chi connectivity index (χ2v) is 9.24. The molecule has 2 N–H and O–H groups in total. The minimum absolute atomic E-state index is 0.0528. The van der Waals surface area contributed by atoms with E-state index in [9.17, 15) is 10.2 Å². The number of aliphatic hydroxyl groups excluding tert-OH is 1. The molecule has 4 fully saturated rings. The average molecular weight is 334 g/mol. The first-order chi connectivity index (χ1) is 11.5. The van der Waals surface area contributed by atoms with Crippen LogP contribution in [-0.2, 0) is 9.47 Å². The maximum atomic E-state index is 11.5. The molecule has 0 radical (unpaired) electrons. The number of hydrogen-bond acceptors (Lipinski definition) is 4. The van der Waals surface area contributed by atoms with Crippen LogP contribution in [0.15, 0.2) is 11.6 Å². The molecule has 3 saturated carbocycles. The Morgan fingerprint density at radius 2 is 1.88 bits per heavy atom. The predicted octanol–water partition coefficient (Wildman–Crippen LogP) is 2.78. The van der Waals surface area contributed by atoms with Crippen molar-refractivity contribution < 1.29 is 19.7 Å². The van der Waals surface area contributed by atoms with Crippen LogP contribution in [0.3, 0.4) is 0 Å². The molecule has 134 valence electrons. The first-order valence-electron chi connectivity index (χ1n) is 9.84. The van der Waals surface area contributed by atoms with Gasteiger partial charge in [0.05, 0.1) is 24.9 Å². The quantitative estimate of drug-likeness (QED) is 0.669. The highest BCUT2D eigenvalue weighted by atomic mass is 16.7. The fourth-order valence-corrected chi connectivity index (χ4v) is 6.88. The van der Waals surface area contributed by atoms with E-state index in [0.717, 1.165) is 44.9 Å². The van der Waals surface area contributed by atoms with Gasteiger partial charge in [-0.2, -0.15) is 0 Å². The first-order valence-corrected chi connectivity index (χ1v) is 9.84. The Morgan fingerprint density at radius 1 is 1.08 bits per heavy atom. The topological polar surface area (TPSA) is 58.9 Å². The van der Waals surface area contributed by atoms with Gasteiger partial charge >= 0.3 is 0 Å². The molecule has 1 unspecified atom stereocenters. The van der Waals surface area contributed by atoms with Crippen molar-refractivity contribution in [2.45, 2.75) is 75.8 Å². The lowest BCUT2D eigenvalue weighted by molar-refractivity contribution is -0.235. The third kappa shape index (κ3) is 2.00. The SMILES string of the molecule is C[C@]12CC=C3C4CCC5(C[C@]4(O)CC[C@H]3[C@@H]1CC[C@@H]2O)OCCO5. The summed E-state index contributed by atoms with van der Waals surface area (Å²) in [6.07, 6.45) is 9.65. The van der Waals surface area contributed by atoms with Gasteiger partial charge in [-0.25, -0.2) is 0 Å². The zero-order chi connectivity index (χ0) is 16.6. The van der Waals surface area contributed by atoms with E-state index < -0.39 is 11.4 Å². The van der Waals surface area contributed by atoms with Crippen molar-refractivity contribution in [2.24, 2.45) is 23.2 Å². The average Bonchev–Trinajstić information content (AvgIpc) is 3.11. The van der Waals surface area contributed by atoms with Gasteiger partial charge in [0.15, 0.2) is 5.79 Å². The number of allylic oxidation sites excluding steroid dienone is 1. The molecule has 4 heteroatoms. The van der Waals surface area contributed by atoms with E-state index in [4.69, 9.17) is 9.47 Å². The Labute approximate surface area is 144 Å². The zero-order valence-electron chi connectivity index (χ0n) is 14.7. The molecule has 1 saturated heterocycles. The Morgan fingerprint density at radius 3 is 2.67 bits per heavy atom. The highest BCUT2D eigenvalue weighted by molar-refractivity contribution is 5.28. The summed E-state index contributed by atoms with van der Waals surface area (Å²) in [7, 11) is 0. The van der Waals surface area contributed by atoms with E-state index in [0.29, 0.717) is 31.5 Å². The molecule has 0 bridgehead atoms. The van der Waals surface area contributed by atoms with E-state index in [2.05, 4.69) is 13.0 Å². The maximum absolute atomic E-state index is 11.5. The van der Waals surface area contributed by atoms with Crippen molar-refractivity contribution in [3.05, 3.63) is 11.6 Å². The van der Waals surface area contributed by atoms with Gasteiger partial charge in [0.2, 0.25) is 0 Å². The van der Waals surface area contributed by atoms with E-state index in [1.807, 2.05) is 0 Å². The number of aliphatic hydroxyl groups is 2. The van der Waals surface area contributed by atoms with Crippen LogP contribution in [0.1, 0.15) is 58.3 Å². The number of fused-ring (bicyclic) bond motifs is 5. The molecule has 1 spiro atoms. The smallest absolute Gasteiger partial charge is 0.171 e. The van der Waals surface area contributed by atoms with Crippen LogP contribution in [0.5, 0.6) is 0 Å². The van der Waals surface area contributed by atoms with Crippen molar-refractivity contribution in [3.63, 3.8) is 0 Å². The van der Waals surface area contributed by atoms with Crippen LogP contribution >= 0.6 is 0 Å². The molecule has 4 aliphatic carbocycles. The second-order valence-electron chi connectivity index (χ2n) is 9.24. The predicted molar refractivity (Wildman–Crippen MR) is 89.2 cm³/mol. The molecule has 5 aliphatic rings. The fourth-order valence-electron chi connectivity index (χ4n) is 6.88. The third-order valence-electron chi connectivity index (χ3n) is 8.19. The van der Waals surface area contributed by atoms with E-state index >= 15 is 0 Å². The molecule has 6 atom stereocenters. The van der Waals surface area contributed by atoms with Crippen molar-refractivity contribution in [1.82, 2.24) is 0 Å². The van der Waals surface area contributed by atoms with Crippen molar-refractivity contribution in [3.8, 4) is 0 Å². The van der Waals surface area contributed by atoms with Gasteiger partial charge in [0, 0.05) is 24.2 Å². The molecule has 1 heterocycles. The number of ether oxygens (including phenoxy) is 2. The summed E-state index contributed by atoms with van der Waals surface area (Å²) >= 11 is 0. The lowest BCUT2D eigenvalue weighted by Crippen LogP contribution is -2.56. The fraction of sp³-hybridized carbons (Fsp3) is 0.900. The van der Waals surface area contributed by atoms with E-state index in [1.54, 1.807) is 0 Å². The molecule has 0 amide bonds. The van der Waals surface area contributed by atoms with Crippen molar-refractivity contribution in [1.29, 1.82) is 0 Å². The molecule has 5 rings (SSSR count). The Kier molecular flexibility index (Phi) is 3.33. The van der Waals surface area contributed by atoms with Gasteiger partial charge in [-0.05, 0) is 50.4 Å². The van der Waals surface area contributed by atoms with E-state index in [1.165, 1.54) is 5.57 Å². The number of rotatable bonds is 0. The third-order valence-corrected chi connectivity index (χ3v) is 8.19. The van der Waals surface area contributed by atoms with Crippen LogP contribution < -0.4 is 0 Å². The highest BCUT2D eigenvalue weighted by Gasteiger charge is 2.60. The molecular formula is C20H30O4. The highest BCUT2D eigenvalue weighted by Crippen LogP contribution is 2.62. The van der Waals surface area contributed by atoms with Gasteiger partial charge in [-0.1, -0.05) is 18.6 Å². The zero-order valence-corrected chi connectivity index (χ0v) is 14.7. The Hall–Kier alpha value is -0.420. The molecule has 4 nitrogen and oxygen atoms in total. The van der Waals surface area contributed by atoms with Gasteiger partial charge in [0.25, 0.3) is 0 Å². The van der Waals surface area contributed by atoms with E-state index in [-0.39, 0.29) is 17.4 Å². The molecule has 0 aromatic rings. The normalized spacial score (nSPS) is 52.5. The van der Waals surface area contributed by atoms with Gasteiger partial charge in [-0.3, -0.25) is 0 Å². The molecular weight excluding hydrogens is 304 g/mol. The summed E-state index contributed by atoms with van der Waals surface area (Å²) in [5.41, 5.74) is 0.876. The summed E-state index contributed by atoms with van der Waals surface area (Å²) < 4.78 is 11.8. The molecule has 24 heavy (non-hydrogen) atoms. The summed E-state index contributed by atoms with van der Waals surface area (Å²) in [4.78, 5) is 0.